The summed E-state index contributed by atoms with van der Waals surface area (Å²) >= 11 is 0. The largest absolute Gasteiger partial charge is 0.480 e. The Balaban J connectivity index is 0.00000128. The second-order valence-corrected chi connectivity index (χ2v) is 3.37. The molecule has 0 aliphatic rings. The SMILES string of the molecule is Cl.Cl.NC(Cc1[nH]nc2ccccc12)C(=O)O. The number of rotatable bonds is 3. The second kappa shape index (κ2) is 6.44. The molecule has 1 atom stereocenters. The standard InChI is InChI=1S/C10H11N3O2.2ClH/c11-7(10(14)15)5-9-6-3-1-2-4-8(6)12-13-9;;/h1-4,7H,5,11H2,(H,12,13)(H,14,15);2*1H. The van der Waals surface area contributed by atoms with Crippen molar-refractivity contribution in [2.24, 2.45) is 5.73 Å². The number of nitrogens with zero attached hydrogens (tertiary/aromatic N) is 1. The average Bonchev–Trinajstić information content (AvgIpc) is 2.62. The third-order valence-electron chi connectivity index (χ3n) is 2.28. The summed E-state index contributed by atoms with van der Waals surface area (Å²) in [7, 11) is 0. The third kappa shape index (κ3) is 3.33. The molecule has 1 heterocycles. The minimum atomic E-state index is -1.01. The Morgan fingerprint density at radius 3 is 2.71 bits per heavy atom. The molecule has 0 amide bonds. The van der Waals surface area contributed by atoms with E-state index in [-0.39, 0.29) is 31.2 Å². The van der Waals surface area contributed by atoms with Gasteiger partial charge in [-0.15, -0.1) is 24.8 Å². The summed E-state index contributed by atoms with van der Waals surface area (Å²) in [6.07, 6.45) is 0.260. The van der Waals surface area contributed by atoms with Crippen LogP contribution < -0.4 is 5.73 Å². The molecule has 17 heavy (non-hydrogen) atoms. The van der Waals surface area contributed by atoms with E-state index in [2.05, 4.69) is 10.2 Å². The molecule has 0 bridgehead atoms. The summed E-state index contributed by atoms with van der Waals surface area (Å²) < 4.78 is 0. The third-order valence-corrected chi connectivity index (χ3v) is 2.28. The fourth-order valence-electron chi connectivity index (χ4n) is 1.48. The van der Waals surface area contributed by atoms with Gasteiger partial charge in [0.25, 0.3) is 0 Å². The lowest BCUT2D eigenvalue weighted by Crippen LogP contribution is -2.32. The summed E-state index contributed by atoms with van der Waals surface area (Å²) in [6.45, 7) is 0. The van der Waals surface area contributed by atoms with Crippen LogP contribution in [0.4, 0.5) is 0 Å². The van der Waals surface area contributed by atoms with Crippen molar-refractivity contribution in [3.8, 4) is 0 Å². The van der Waals surface area contributed by atoms with E-state index in [1.807, 2.05) is 24.3 Å². The van der Waals surface area contributed by atoms with E-state index in [9.17, 15) is 4.79 Å². The predicted molar refractivity (Wildman–Crippen MR) is 69.9 cm³/mol. The number of hydrogen-bond donors (Lipinski definition) is 3. The van der Waals surface area contributed by atoms with Crippen LogP contribution in [0.3, 0.4) is 0 Å². The Hall–Kier alpha value is -1.30. The van der Waals surface area contributed by atoms with Crippen molar-refractivity contribution < 1.29 is 9.90 Å². The number of benzene rings is 1. The van der Waals surface area contributed by atoms with Crippen LogP contribution in [0.25, 0.3) is 10.9 Å². The van der Waals surface area contributed by atoms with Crippen molar-refractivity contribution in [2.75, 3.05) is 0 Å². The summed E-state index contributed by atoms with van der Waals surface area (Å²) in [5.74, 6) is -1.01. The van der Waals surface area contributed by atoms with Crippen LogP contribution in [0.15, 0.2) is 24.3 Å². The van der Waals surface area contributed by atoms with Crippen molar-refractivity contribution in [1.29, 1.82) is 0 Å². The Bertz CT molecular complexity index is 501. The first-order valence-electron chi connectivity index (χ1n) is 4.59. The molecule has 1 aromatic heterocycles. The quantitative estimate of drug-likeness (QED) is 0.790. The molecule has 4 N–H and O–H groups in total. The molecular weight excluding hydrogens is 265 g/mol. The first kappa shape index (κ1) is 15.7. The van der Waals surface area contributed by atoms with Crippen LogP contribution in [0.1, 0.15) is 5.69 Å². The van der Waals surface area contributed by atoms with Gasteiger partial charge >= 0.3 is 5.97 Å². The highest BCUT2D eigenvalue weighted by molar-refractivity contribution is 5.85. The Labute approximate surface area is 110 Å². The van der Waals surface area contributed by atoms with Gasteiger partial charge in [-0.1, -0.05) is 18.2 Å². The highest BCUT2D eigenvalue weighted by atomic mass is 35.5. The minimum Gasteiger partial charge on any atom is -0.480 e. The molecule has 0 aliphatic heterocycles. The summed E-state index contributed by atoms with van der Waals surface area (Å²) in [5.41, 5.74) is 7.04. The molecule has 7 heteroatoms. The van der Waals surface area contributed by atoms with Gasteiger partial charge < -0.3 is 10.8 Å². The normalized spacial score (nSPS) is 11.4. The zero-order valence-corrected chi connectivity index (χ0v) is 10.4. The zero-order valence-electron chi connectivity index (χ0n) is 8.79. The molecule has 1 aromatic carbocycles. The number of aromatic amines is 1. The number of fused-ring (bicyclic) bond motifs is 1. The van der Waals surface area contributed by atoms with Gasteiger partial charge in [-0.3, -0.25) is 9.89 Å². The number of halogens is 2. The van der Waals surface area contributed by atoms with Gasteiger partial charge in [0.05, 0.1) is 5.52 Å². The first-order valence-corrected chi connectivity index (χ1v) is 4.59. The highest BCUT2D eigenvalue weighted by Crippen LogP contribution is 2.15. The molecule has 2 rings (SSSR count). The van der Waals surface area contributed by atoms with Gasteiger partial charge in [-0.05, 0) is 6.07 Å². The fourth-order valence-corrected chi connectivity index (χ4v) is 1.48. The number of hydrogen-bond acceptors (Lipinski definition) is 3. The number of para-hydroxylation sites is 1. The fraction of sp³-hybridized carbons (Fsp3) is 0.200. The lowest BCUT2D eigenvalue weighted by molar-refractivity contribution is -0.138. The molecule has 0 saturated heterocycles. The van der Waals surface area contributed by atoms with Crippen LogP contribution in [-0.2, 0) is 11.2 Å². The molecule has 5 nitrogen and oxygen atoms in total. The second-order valence-electron chi connectivity index (χ2n) is 3.37. The lowest BCUT2D eigenvalue weighted by Gasteiger charge is -2.03. The molecular formula is C10H13Cl2N3O2. The molecule has 94 valence electrons. The van der Waals surface area contributed by atoms with E-state index < -0.39 is 12.0 Å². The first-order chi connectivity index (χ1) is 7.18. The molecule has 2 aromatic rings. The van der Waals surface area contributed by atoms with Crippen molar-refractivity contribution in [2.45, 2.75) is 12.5 Å². The lowest BCUT2D eigenvalue weighted by atomic mass is 10.1. The molecule has 0 radical (unpaired) electrons. The van der Waals surface area contributed by atoms with E-state index in [1.54, 1.807) is 0 Å². The number of aromatic nitrogens is 2. The van der Waals surface area contributed by atoms with Gasteiger partial charge in [0.1, 0.15) is 6.04 Å². The van der Waals surface area contributed by atoms with Crippen molar-refractivity contribution in [1.82, 2.24) is 10.2 Å². The smallest absolute Gasteiger partial charge is 0.320 e. The number of nitrogens with one attached hydrogen (secondary N) is 1. The van der Waals surface area contributed by atoms with E-state index in [1.165, 1.54) is 0 Å². The Kier molecular flexibility index (Phi) is 5.95. The Morgan fingerprint density at radius 2 is 2.06 bits per heavy atom. The van der Waals surface area contributed by atoms with E-state index >= 15 is 0 Å². The van der Waals surface area contributed by atoms with E-state index in [0.29, 0.717) is 0 Å². The molecule has 0 spiro atoms. The predicted octanol–water partition coefficient (Wildman–Crippen LogP) is 1.36. The Morgan fingerprint density at radius 1 is 1.41 bits per heavy atom. The van der Waals surface area contributed by atoms with Crippen LogP contribution in [0.5, 0.6) is 0 Å². The van der Waals surface area contributed by atoms with E-state index in [4.69, 9.17) is 10.8 Å². The van der Waals surface area contributed by atoms with Crippen LogP contribution in [-0.4, -0.2) is 27.3 Å². The van der Waals surface area contributed by atoms with Crippen LogP contribution >= 0.6 is 24.8 Å². The summed E-state index contributed by atoms with van der Waals surface area (Å²) in [6, 6.07) is 6.62. The van der Waals surface area contributed by atoms with Gasteiger partial charge in [0.15, 0.2) is 0 Å². The molecule has 0 fully saturated rings. The number of carboxylic acids is 1. The number of carboxylic acid groups (broad SMARTS) is 1. The average molecular weight is 278 g/mol. The van der Waals surface area contributed by atoms with E-state index in [0.717, 1.165) is 16.6 Å². The van der Waals surface area contributed by atoms with Gasteiger partial charge in [-0.2, -0.15) is 5.10 Å². The van der Waals surface area contributed by atoms with Crippen molar-refractivity contribution in [3.63, 3.8) is 0 Å². The maximum atomic E-state index is 10.6. The number of aliphatic carboxylic acids is 1. The summed E-state index contributed by atoms with van der Waals surface area (Å²) in [4.78, 5) is 10.6. The minimum absolute atomic E-state index is 0. The van der Waals surface area contributed by atoms with Gasteiger partial charge in [-0.25, -0.2) is 0 Å². The topological polar surface area (TPSA) is 92.0 Å². The molecule has 0 saturated carbocycles. The van der Waals surface area contributed by atoms with Crippen LogP contribution in [0.2, 0.25) is 0 Å². The summed E-state index contributed by atoms with van der Waals surface area (Å²) in [5, 5.41) is 16.5. The zero-order chi connectivity index (χ0) is 10.8. The highest BCUT2D eigenvalue weighted by Gasteiger charge is 2.15. The monoisotopic (exact) mass is 277 g/mol. The maximum Gasteiger partial charge on any atom is 0.320 e. The van der Waals surface area contributed by atoms with Gasteiger partial charge in [0, 0.05) is 17.5 Å². The number of nitrogens with two attached hydrogens (primary N) is 1. The van der Waals surface area contributed by atoms with Gasteiger partial charge in [0.2, 0.25) is 0 Å². The van der Waals surface area contributed by atoms with Crippen molar-refractivity contribution >= 4 is 41.7 Å². The maximum absolute atomic E-state index is 10.6. The van der Waals surface area contributed by atoms with Crippen LogP contribution in [0, 0.1) is 0 Å². The molecule has 0 aliphatic carbocycles. The number of H-pyrrole nitrogens is 1. The van der Waals surface area contributed by atoms with Crippen molar-refractivity contribution in [3.05, 3.63) is 30.0 Å². The molecule has 1 unspecified atom stereocenters. The number of carbonyl (C=O) groups is 1.